The number of piperidine rings is 2. The van der Waals surface area contributed by atoms with Crippen molar-refractivity contribution < 1.29 is 14.3 Å². The third-order valence-corrected chi connectivity index (χ3v) is 6.02. The van der Waals surface area contributed by atoms with Crippen molar-refractivity contribution >= 4 is 17.7 Å². The van der Waals surface area contributed by atoms with E-state index in [4.69, 9.17) is 21.1 Å². The molecule has 27 heavy (non-hydrogen) atoms. The van der Waals surface area contributed by atoms with Gasteiger partial charge >= 0.3 is 6.09 Å². The Morgan fingerprint density at radius 2 is 2.04 bits per heavy atom. The van der Waals surface area contributed by atoms with Crippen LogP contribution in [-0.4, -0.2) is 67.4 Å². The van der Waals surface area contributed by atoms with E-state index in [2.05, 4.69) is 21.2 Å². The molecule has 7 heteroatoms. The number of halogens is 1. The zero-order valence-corrected chi connectivity index (χ0v) is 16.4. The van der Waals surface area contributed by atoms with Crippen LogP contribution in [0.5, 0.6) is 5.75 Å². The maximum atomic E-state index is 11.4. The van der Waals surface area contributed by atoms with E-state index < -0.39 is 0 Å². The van der Waals surface area contributed by atoms with Gasteiger partial charge in [-0.25, -0.2) is 4.79 Å². The molecular weight excluding hydrogens is 366 g/mol. The molecule has 3 aliphatic heterocycles. The van der Waals surface area contributed by atoms with Gasteiger partial charge in [0, 0.05) is 26.2 Å². The van der Waals surface area contributed by atoms with Gasteiger partial charge in [-0.3, -0.25) is 9.80 Å². The minimum atomic E-state index is -0.291. The van der Waals surface area contributed by atoms with Gasteiger partial charge in [-0.05, 0) is 50.0 Å². The molecule has 1 N–H and O–H groups in total. The standard InChI is InChI=1S/C20H28ClN3O3/c21-16-12-15(13-24-9-6-17-19(14-24)27-20(25)22-17)4-5-18(16)26-11-10-23-7-2-1-3-8-23/h4-5,12,17,19H,1-3,6-11,13-14H2,(H,22,25)/t17-,19+/m0/s1. The summed E-state index contributed by atoms with van der Waals surface area (Å²) in [5.74, 6) is 0.755. The van der Waals surface area contributed by atoms with E-state index in [0.717, 1.165) is 43.9 Å². The van der Waals surface area contributed by atoms with Crippen molar-refractivity contribution in [2.24, 2.45) is 0 Å². The average molecular weight is 394 g/mol. The van der Waals surface area contributed by atoms with Gasteiger partial charge in [0.25, 0.3) is 0 Å². The monoisotopic (exact) mass is 393 g/mol. The highest BCUT2D eigenvalue weighted by Crippen LogP contribution is 2.27. The molecule has 2 atom stereocenters. The smallest absolute Gasteiger partial charge is 0.407 e. The van der Waals surface area contributed by atoms with Crippen molar-refractivity contribution in [1.82, 2.24) is 15.1 Å². The third-order valence-electron chi connectivity index (χ3n) is 5.72. The van der Waals surface area contributed by atoms with Crippen molar-refractivity contribution in [2.45, 2.75) is 44.4 Å². The highest BCUT2D eigenvalue weighted by atomic mass is 35.5. The molecule has 4 rings (SSSR count). The lowest BCUT2D eigenvalue weighted by Crippen LogP contribution is -2.47. The minimum Gasteiger partial charge on any atom is -0.491 e. The second kappa shape index (κ2) is 8.67. The van der Waals surface area contributed by atoms with Crippen LogP contribution in [0, 0.1) is 0 Å². The Morgan fingerprint density at radius 3 is 2.85 bits per heavy atom. The second-order valence-electron chi connectivity index (χ2n) is 7.73. The number of alkyl carbamates (subject to hydrolysis) is 1. The zero-order chi connectivity index (χ0) is 18.6. The Bertz CT molecular complexity index is 666. The zero-order valence-electron chi connectivity index (χ0n) is 15.7. The molecule has 3 aliphatic rings. The number of nitrogens with zero attached hydrogens (tertiary/aromatic N) is 2. The van der Waals surface area contributed by atoms with E-state index in [9.17, 15) is 4.79 Å². The molecule has 3 saturated heterocycles. The van der Waals surface area contributed by atoms with Crippen LogP contribution < -0.4 is 10.1 Å². The van der Waals surface area contributed by atoms with Gasteiger partial charge in [-0.2, -0.15) is 0 Å². The summed E-state index contributed by atoms with van der Waals surface area (Å²) >= 11 is 6.44. The molecule has 3 fully saturated rings. The van der Waals surface area contributed by atoms with Crippen molar-refractivity contribution in [1.29, 1.82) is 0 Å². The highest BCUT2D eigenvalue weighted by molar-refractivity contribution is 6.32. The second-order valence-corrected chi connectivity index (χ2v) is 8.14. The number of rotatable bonds is 6. The summed E-state index contributed by atoms with van der Waals surface area (Å²) < 4.78 is 11.2. The van der Waals surface area contributed by atoms with Crippen LogP contribution in [-0.2, 0) is 11.3 Å². The van der Waals surface area contributed by atoms with E-state index in [0.29, 0.717) is 11.6 Å². The quantitative estimate of drug-likeness (QED) is 0.805. The molecule has 1 aromatic carbocycles. The van der Waals surface area contributed by atoms with Gasteiger partial charge in [-0.1, -0.05) is 24.1 Å². The fourth-order valence-corrected chi connectivity index (χ4v) is 4.47. The Hall–Kier alpha value is -1.50. The summed E-state index contributed by atoms with van der Waals surface area (Å²) in [7, 11) is 0. The molecule has 0 aromatic heterocycles. The van der Waals surface area contributed by atoms with Crippen LogP contribution in [0.3, 0.4) is 0 Å². The molecule has 0 spiro atoms. The lowest BCUT2D eigenvalue weighted by atomic mass is 10.0. The molecule has 148 valence electrons. The molecule has 0 bridgehead atoms. The van der Waals surface area contributed by atoms with Crippen LogP contribution >= 0.6 is 11.6 Å². The third kappa shape index (κ3) is 4.86. The van der Waals surface area contributed by atoms with Gasteiger partial charge in [0.2, 0.25) is 0 Å². The van der Waals surface area contributed by atoms with Crippen molar-refractivity contribution in [3.8, 4) is 5.75 Å². The number of benzene rings is 1. The summed E-state index contributed by atoms with van der Waals surface area (Å²) in [6.07, 6.45) is 4.52. The number of carbonyl (C=O) groups is 1. The molecule has 1 aromatic rings. The van der Waals surface area contributed by atoms with Crippen LogP contribution in [0.2, 0.25) is 5.02 Å². The fourth-order valence-electron chi connectivity index (χ4n) is 4.22. The number of carbonyl (C=O) groups excluding carboxylic acids is 1. The van der Waals surface area contributed by atoms with Crippen molar-refractivity contribution in [3.63, 3.8) is 0 Å². The SMILES string of the molecule is O=C1N[C@H]2CCN(Cc3ccc(OCCN4CCCCC4)c(Cl)c3)C[C@H]2O1. The summed E-state index contributed by atoms with van der Waals surface area (Å²) in [6.45, 7) is 6.49. The maximum absolute atomic E-state index is 11.4. The van der Waals surface area contributed by atoms with Crippen LogP contribution in [0.15, 0.2) is 18.2 Å². The molecule has 0 radical (unpaired) electrons. The molecule has 1 amide bonds. The molecule has 0 aliphatic carbocycles. The number of ether oxygens (including phenoxy) is 2. The number of hydrogen-bond donors (Lipinski definition) is 1. The Labute approximate surface area is 165 Å². The van der Waals surface area contributed by atoms with E-state index >= 15 is 0 Å². The van der Waals surface area contributed by atoms with Gasteiger partial charge in [0.1, 0.15) is 18.5 Å². The minimum absolute atomic E-state index is 0.0425. The van der Waals surface area contributed by atoms with E-state index in [1.54, 1.807) is 0 Å². The van der Waals surface area contributed by atoms with Gasteiger partial charge in [-0.15, -0.1) is 0 Å². The van der Waals surface area contributed by atoms with Crippen LogP contribution in [0.1, 0.15) is 31.2 Å². The number of hydrogen-bond acceptors (Lipinski definition) is 5. The number of nitrogens with one attached hydrogen (secondary N) is 1. The highest BCUT2D eigenvalue weighted by Gasteiger charge is 2.38. The van der Waals surface area contributed by atoms with E-state index in [1.165, 1.54) is 32.4 Å². The predicted octanol–water partition coefficient (Wildman–Crippen LogP) is 2.89. The first kappa shape index (κ1) is 18.8. The van der Waals surface area contributed by atoms with Crippen LogP contribution in [0.4, 0.5) is 4.79 Å². The predicted molar refractivity (Wildman–Crippen MR) is 104 cm³/mol. The molecule has 6 nitrogen and oxygen atoms in total. The lowest BCUT2D eigenvalue weighted by Gasteiger charge is -2.32. The first-order valence-electron chi connectivity index (χ1n) is 10.0. The number of likely N-dealkylation sites (tertiary alicyclic amines) is 2. The van der Waals surface area contributed by atoms with E-state index in [-0.39, 0.29) is 18.2 Å². The van der Waals surface area contributed by atoms with E-state index in [1.807, 2.05) is 12.1 Å². The first-order valence-corrected chi connectivity index (χ1v) is 10.4. The normalized spacial score (nSPS) is 26.3. The largest absolute Gasteiger partial charge is 0.491 e. The lowest BCUT2D eigenvalue weighted by molar-refractivity contribution is 0.0668. The summed E-state index contributed by atoms with van der Waals surface area (Å²) in [5.41, 5.74) is 1.15. The van der Waals surface area contributed by atoms with Gasteiger partial charge < -0.3 is 14.8 Å². The fraction of sp³-hybridized carbons (Fsp3) is 0.650. The molecular formula is C20H28ClN3O3. The summed E-state index contributed by atoms with van der Waals surface area (Å²) in [6, 6.07) is 6.20. The molecule has 0 saturated carbocycles. The number of amides is 1. The Morgan fingerprint density at radius 1 is 1.19 bits per heavy atom. The van der Waals surface area contributed by atoms with Crippen molar-refractivity contribution in [3.05, 3.63) is 28.8 Å². The number of fused-ring (bicyclic) bond motifs is 1. The summed E-state index contributed by atoms with van der Waals surface area (Å²) in [5, 5.41) is 3.53. The Balaban J connectivity index is 1.26. The van der Waals surface area contributed by atoms with Crippen molar-refractivity contribution in [2.75, 3.05) is 39.3 Å². The molecule has 3 heterocycles. The topological polar surface area (TPSA) is 54.0 Å². The van der Waals surface area contributed by atoms with Crippen LogP contribution in [0.25, 0.3) is 0 Å². The summed E-state index contributed by atoms with van der Waals surface area (Å²) in [4.78, 5) is 16.1. The molecule has 0 unspecified atom stereocenters. The van der Waals surface area contributed by atoms with Gasteiger partial charge in [0.05, 0.1) is 11.1 Å². The van der Waals surface area contributed by atoms with Gasteiger partial charge in [0.15, 0.2) is 0 Å². The average Bonchev–Trinajstić information content (AvgIpc) is 3.04. The first-order chi connectivity index (χ1) is 13.2. The Kier molecular flexibility index (Phi) is 6.05. The maximum Gasteiger partial charge on any atom is 0.407 e.